The van der Waals surface area contributed by atoms with Crippen LogP contribution in [0.25, 0.3) is 0 Å². The molecule has 1 heterocycles. The summed E-state index contributed by atoms with van der Waals surface area (Å²) in [5, 5.41) is 4.63. The summed E-state index contributed by atoms with van der Waals surface area (Å²) in [7, 11) is 3.77. The van der Waals surface area contributed by atoms with E-state index in [0.29, 0.717) is 23.7 Å². The van der Waals surface area contributed by atoms with E-state index >= 15 is 0 Å². The van der Waals surface area contributed by atoms with Gasteiger partial charge in [0, 0.05) is 48.5 Å². The molecule has 0 fully saturated rings. The molecule has 20 heavy (non-hydrogen) atoms. The van der Waals surface area contributed by atoms with Crippen LogP contribution < -0.4 is 5.73 Å². The number of likely N-dealkylation sites (N-methyl/N-ethyl adjacent to an activating group) is 1. The van der Waals surface area contributed by atoms with Crippen molar-refractivity contribution in [3.8, 4) is 0 Å². The van der Waals surface area contributed by atoms with E-state index < -0.39 is 0 Å². The van der Waals surface area contributed by atoms with Crippen molar-refractivity contribution in [2.75, 3.05) is 13.6 Å². The molecule has 0 saturated heterocycles. The number of hydrogen-bond acceptors (Lipinski definition) is 3. The van der Waals surface area contributed by atoms with Crippen LogP contribution in [0.3, 0.4) is 0 Å². The van der Waals surface area contributed by atoms with Crippen molar-refractivity contribution in [2.45, 2.75) is 12.6 Å². The molecule has 108 valence electrons. The fourth-order valence-corrected chi connectivity index (χ4v) is 2.45. The van der Waals surface area contributed by atoms with Gasteiger partial charge in [-0.3, -0.25) is 9.58 Å². The van der Waals surface area contributed by atoms with E-state index in [4.69, 9.17) is 17.3 Å². The summed E-state index contributed by atoms with van der Waals surface area (Å²) in [5.41, 5.74) is 7.38. The van der Waals surface area contributed by atoms with Crippen LogP contribution in [0, 0.1) is 5.82 Å². The molecular formula is C14H18ClFN4. The number of nitrogens with zero attached hydrogens (tertiary/aromatic N) is 3. The Kier molecular flexibility index (Phi) is 4.75. The van der Waals surface area contributed by atoms with Crippen molar-refractivity contribution in [2.24, 2.45) is 12.8 Å². The highest BCUT2D eigenvalue weighted by Crippen LogP contribution is 2.25. The van der Waals surface area contributed by atoms with Crippen molar-refractivity contribution >= 4 is 11.6 Å². The van der Waals surface area contributed by atoms with Crippen molar-refractivity contribution in [1.82, 2.24) is 14.7 Å². The minimum Gasteiger partial charge on any atom is -0.329 e. The third-order valence-corrected chi connectivity index (χ3v) is 3.50. The summed E-state index contributed by atoms with van der Waals surface area (Å²) in [5.74, 6) is -0.289. The van der Waals surface area contributed by atoms with Crippen LogP contribution in [0.1, 0.15) is 17.2 Å². The maximum atomic E-state index is 14.0. The molecule has 0 bridgehead atoms. The van der Waals surface area contributed by atoms with Crippen LogP contribution in [0.15, 0.2) is 30.6 Å². The quantitative estimate of drug-likeness (QED) is 0.921. The Labute approximate surface area is 122 Å². The van der Waals surface area contributed by atoms with Gasteiger partial charge in [0.25, 0.3) is 0 Å². The first-order valence-corrected chi connectivity index (χ1v) is 6.72. The maximum Gasteiger partial charge on any atom is 0.128 e. The number of aryl methyl sites for hydroxylation is 1. The number of aromatic nitrogens is 2. The van der Waals surface area contributed by atoms with Crippen LogP contribution in [0.4, 0.5) is 4.39 Å². The zero-order valence-corrected chi connectivity index (χ0v) is 12.3. The topological polar surface area (TPSA) is 47.1 Å². The average molecular weight is 297 g/mol. The molecular weight excluding hydrogens is 279 g/mol. The minimum atomic E-state index is -0.289. The summed E-state index contributed by atoms with van der Waals surface area (Å²) in [4.78, 5) is 1.99. The van der Waals surface area contributed by atoms with Crippen molar-refractivity contribution in [3.63, 3.8) is 0 Å². The monoisotopic (exact) mass is 296 g/mol. The molecule has 0 radical (unpaired) electrons. The highest BCUT2D eigenvalue weighted by atomic mass is 35.5. The summed E-state index contributed by atoms with van der Waals surface area (Å²) in [6.07, 6.45) is 3.72. The smallest absolute Gasteiger partial charge is 0.128 e. The molecule has 6 heteroatoms. The lowest BCUT2D eigenvalue weighted by atomic mass is 10.0. The fraction of sp³-hybridized carbons (Fsp3) is 0.357. The van der Waals surface area contributed by atoms with Crippen LogP contribution in [0.2, 0.25) is 5.02 Å². The molecule has 1 atom stereocenters. The van der Waals surface area contributed by atoms with E-state index in [2.05, 4.69) is 5.10 Å². The summed E-state index contributed by atoms with van der Waals surface area (Å²) in [6, 6.07) is 4.32. The lowest BCUT2D eigenvalue weighted by Gasteiger charge is -2.27. The number of hydrogen-bond donors (Lipinski definition) is 1. The number of rotatable bonds is 5. The molecule has 2 rings (SSSR count). The van der Waals surface area contributed by atoms with Gasteiger partial charge in [0.1, 0.15) is 5.82 Å². The second-order valence-corrected chi connectivity index (χ2v) is 5.29. The Morgan fingerprint density at radius 2 is 2.25 bits per heavy atom. The molecule has 4 nitrogen and oxygen atoms in total. The first-order valence-electron chi connectivity index (χ1n) is 6.34. The van der Waals surface area contributed by atoms with E-state index in [0.717, 1.165) is 5.56 Å². The highest BCUT2D eigenvalue weighted by Gasteiger charge is 2.20. The zero-order chi connectivity index (χ0) is 14.7. The Bertz CT molecular complexity index is 584. The van der Waals surface area contributed by atoms with Gasteiger partial charge in [-0.15, -0.1) is 0 Å². The zero-order valence-electron chi connectivity index (χ0n) is 11.6. The van der Waals surface area contributed by atoms with Crippen LogP contribution in [-0.4, -0.2) is 28.3 Å². The van der Waals surface area contributed by atoms with Gasteiger partial charge < -0.3 is 5.73 Å². The van der Waals surface area contributed by atoms with Crippen molar-refractivity contribution in [1.29, 1.82) is 0 Å². The van der Waals surface area contributed by atoms with Crippen LogP contribution >= 0.6 is 11.6 Å². The molecule has 1 unspecified atom stereocenters. The third kappa shape index (κ3) is 3.36. The van der Waals surface area contributed by atoms with Gasteiger partial charge in [-0.05, 0) is 25.2 Å². The molecule has 0 saturated carbocycles. The van der Waals surface area contributed by atoms with Gasteiger partial charge in [0.2, 0.25) is 0 Å². The number of benzene rings is 1. The molecule has 0 aliphatic carbocycles. The molecule has 0 aliphatic rings. The van der Waals surface area contributed by atoms with Crippen molar-refractivity contribution < 1.29 is 4.39 Å². The van der Waals surface area contributed by atoms with Crippen molar-refractivity contribution in [3.05, 3.63) is 52.6 Å². The highest BCUT2D eigenvalue weighted by molar-refractivity contribution is 6.30. The summed E-state index contributed by atoms with van der Waals surface area (Å²) in [6.45, 7) is 0.954. The first kappa shape index (κ1) is 15.0. The van der Waals surface area contributed by atoms with E-state index in [1.54, 1.807) is 16.9 Å². The van der Waals surface area contributed by atoms with E-state index in [-0.39, 0.29) is 11.9 Å². The molecule has 2 aromatic rings. The van der Waals surface area contributed by atoms with Gasteiger partial charge in [0.15, 0.2) is 0 Å². The third-order valence-electron chi connectivity index (χ3n) is 3.26. The molecule has 0 amide bonds. The first-order chi connectivity index (χ1) is 9.51. The van der Waals surface area contributed by atoms with Gasteiger partial charge in [-0.25, -0.2) is 4.39 Å². The van der Waals surface area contributed by atoms with E-state index in [9.17, 15) is 4.39 Å². The van der Waals surface area contributed by atoms with Gasteiger partial charge in [-0.1, -0.05) is 11.6 Å². The van der Waals surface area contributed by atoms with Crippen LogP contribution in [-0.2, 0) is 13.6 Å². The summed E-state index contributed by atoms with van der Waals surface area (Å²) < 4.78 is 15.7. The Balaban J connectivity index is 2.20. The fourth-order valence-electron chi connectivity index (χ4n) is 2.27. The predicted molar refractivity (Wildman–Crippen MR) is 77.9 cm³/mol. The van der Waals surface area contributed by atoms with Gasteiger partial charge in [-0.2, -0.15) is 5.10 Å². The Morgan fingerprint density at radius 3 is 2.85 bits per heavy atom. The number of halogens is 2. The van der Waals surface area contributed by atoms with Gasteiger partial charge in [0.05, 0.1) is 6.20 Å². The molecule has 1 aromatic heterocycles. The van der Waals surface area contributed by atoms with Gasteiger partial charge >= 0.3 is 0 Å². The van der Waals surface area contributed by atoms with E-state index in [1.165, 1.54) is 12.1 Å². The lowest BCUT2D eigenvalue weighted by molar-refractivity contribution is 0.236. The second-order valence-electron chi connectivity index (χ2n) is 4.85. The molecule has 0 aliphatic heterocycles. The predicted octanol–water partition coefficient (Wildman–Crippen LogP) is 2.34. The lowest BCUT2D eigenvalue weighted by Crippen LogP contribution is -2.30. The van der Waals surface area contributed by atoms with Crippen LogP contribution in [0.5, 0.6) is 0 Å². The Hall–Kier alpha value is -1.43. The average Bonchev–Trinajstić information content (AvgIpc) is 2.80. The largest absolute Gasteiger partial charge is 0.329 e. The normalized spacial score (nSPS) is 12.9. The van der Waals surface area contributed by atoms with E-state index in [1.807, 2.05) is 25.2 Å². The number of nitrogens with two attached hydrogens (primary N) is 1. The standard InChI is InChI=1S/C14H18ClFN4/c1-19(8-10-7-18-20(2)9-10)14(6-17)12-5-11(15)3-4-13(12)16/h3-5,7,9,14H,6,8,17H2,1-2H3. The minimum absolute atomic E-state index is 0.228. The molecule has 2 N–H and O–H groups in total. The SMILES string of the molecule is CN(Cc1cnn(C)c1)C(CN)c1cc(Cl)ccc1F. The molecule has 1 aromatic carbocycles. The second kappa shape index (κ2) is 6.35. The Morgan fingerprint density at radius 1 is 1.50 bits per heavy atom. The summed E-state index contributed by atoms with van der Waals surface area (Å²) >= 11 is 5.95. The maximum absolute atomic E-state index is 14.0. The molecule has 0 spiro atoms.